The van der Waals surface area contributed by atoms with Crippen LogP contribution in [0.1, 0.15) is 18.0 Å². The Labute approximate surface area is 88.9 Å². The van der Waals surface area contributed by atoms with Crippen LogP contribution in [-0.2, 0) is 0 Å². The van der Waals surface area contributed by atoms with Crippen molar-refractivity contribution in [3.05, 3.63) is 29.6 Å². The topological polar surface area (TPSA) is 21.3 Å². The Hall–Kier alpha value is -0.800. The smallest absolute Gasteiger partial charge is 0.126 e. The molecule has 1 aliphatic heterocycles. The van der Waals surface area contributed by atoms with Crippen molar-refractivity contribution in [1.82, 2.24) is 5.32 Å². The summed E-state index contributed by atoms with van der Waals surface area (Å²) in [4.78, 5) is 0. The number of rotatable bonds is 2. The van der Waals surface area contributed by atoms with Crippen molar-refractivity contribution in [1.29, 1.82) is 0 Å². The first-order chi connectivity index (χ1) is 6.31. The van der Waals surface area contributed by atoms with E-state index in [4.69, 9.17) is 4.74 Å². The third-order valence-corrected chi connectivity index (χ3v) is 2.39. The van der Waals surface area contributed by atoms with Crippen molar-refractivity contribution in [2.45, 2.75) is 12.5 Å². The standard InChI is InChI=1S/C10H12FNO.ClH/c1-13-10-6-7(11)2-3-8(10)9-4-5-12-9;/h2-3,6,9,12H,4-5H2,1H3;1H/t9-;/m0./s1. The molecule has 1 saturated heterocycles. The first kappa shape index (κ1) is 11.3. The molecular formula is C10H13ClFNO. The Morgan fingerprint density at radius 1 is 1.50 bits per heavy atom. The summed E-state index contributed by atoms with van der Waals surface area (Å²) in [5.41, 5.74) is 1.05. The van der Waals surface area contributed by atoms with Crippen LogP contribution in [-0.4, -0.2) is 13.7 Å². The average molecular weight is 218 g/mol. The lowest BCUT2D eigenvalue weighted by Crippen LogP contribution is -2.35. The quantitative estimate of drug-likeness (QED) is 0.821. The zero-order valence-electron chi connectivity index (χ0n) is 7.92. The van der Waals surface area contributed by atoms with Gasteiger partial charge in [0.2, 0.25) is 0 Å². The third-order valence-electron chi connectivity index (χ3n) is 2.39. The minimum Gasteiger partial charge on any atom is -0.496 e. The normalized spacial score (nSPS) is 19.4. The number of methoxy groups -OCH3 is 1. The fourth-order valence-corrected chi connectivity index (χ4v) is 1.53. The van der Waals surface area contributed by atoms with E-state index >= 15 is 0 Å². The number of halogens is 2. The highest BCUT2D eigenvalue weighted by Gasteiger charge is 2.21. The fraction of sp³-hybridized carbons (Fsp3) is 0.400. The van der Waals surface area contributed by atoms with Crippen molar-refractivity contribution >= 4 is 12.4 Å². The van der Waals surface area contributed by atoms with E-state index in [0.717, 1.165) is 18.5 Å². The van der Waals surface area contributed by atoms with Crippen LogP contribution in [0.4, 0.5) is 4.39 Å². The molecule has 0 amide bonds. The highest BCUT2D eigenvalue weighted by Crippen LogP contribution is 2.31. The molecule has 0 radical (unpaired) electrons. The molecule has 0 spiro atoms. The fourth-order valence-electron chi connectivity index (χ4n) is 1.53. The molecule has 78 valence electrons. The molecular weight excluding hydrogens is 205 g/mol. The Bertz CT molecular complexity index is 315. The summed E-state index contributed by atoms with van der Waals surface area (Å²) in [7, 11) is 1.57. The second-order valence-electron chi connectivity index (χ2n) is 3.18. The van der Waals surface area contributed by atoms with Crippen LogP contribution in [0.5, 0.6) is 5.75 Å². The molecule has 1 heterocycles. The Kier molecular flexibility index (Phi) is 3.72. The van der Waals surface area contributed by atoms with E-state index in [9.17, 15) is 4.39 Å². The van der Waals surface area contributed by atoms with Gasteiger partial charge in [0.15, 0.2) is 0 Å². The molecule has 2 rings (SSSR count). The maximum atomic E-state index is 12.8. The maximum Gasteiger partial charge on any atom is 0.126 e. The molecule has 0 aromatic heterocycles. The molecule has 0 saturated carbocycles. The number of hydrogen-bond donors (Lipinski definition) is 1. The zero-order chi connectivity index (χ0) is 9.26. The van der Waals surface area contributed by atoms with Crippen LogP contribution >= 0.6 is 12.4 Å². The van der Waals surface area contributed by atoms with Crippen LogP contribution < -0.4 is 10.1 Å². The summed E-state index contributed by atoms with van der Waals surface area (Å²) in [6, 6.07) is 5.02. The molecule has 14 heavy (non-hydrogen) atoms. The van der Waals surface area contributed by atoms with Crippen LogP contribution in [0.2, 0.25) is 0 Å². The van der Waals surface area contributed by atoms with Gasteiger partial charge in [-0.1, -0.05) is 6.07 Å². The summed E-state index contributed by atoms with van der Waals surface area (Å²) in [5, 5.41) is 3.25. The molecule has 1 aromatic rings. The van der Waals surface area contributed by atoms with Crippen molar-refractivity contribution in [2.24, 2.45) is 0 Å². The van der Waals surface area contributed by atoms with E-state index < -0.39 is 0 Å². The molecule has 1 fully saturated rings. The third kappa shape index (κ3) is 1.99. The van der Waals surface area contributed by atoms with Gasteiger partial charge in [0.1, 0.15) is 11.6 Å². The van der Waals surface area contributed by atoms with Crippen molar-refractivity contribution < 1.29 is 9.13 Å². The molecule has 0 bridgehead atoms. The molecule has 1 atom stereocenters. The highest BCUT2D eigenvalue weighted by atomic mass is 35.5. The summed E-state index contributed by atoms with van der Waals surface area (Å²) in [6.07, 6.45) is 1.10. The van der Waals surface area contributed by atoms with Crippen molar-refractivity contribution in [3.63, 3.8) is 0 Å². The first-order valence-electron chi connectivity index (χ1n) is 4.38. The summed E-state index contributed by atoms with van der Waals surface area (Å²) < 4.78 is 17.9. The number of benzene rings is 1. The Balaban J connectivity index is 0.000000980. The second kappa shape index (κ2) is 4.62. The number of hydrogen-bond acceptors (Lipinski definition) is 2. The summed E-state index contributed by atoms with van der Waals surface area (Å²) in [6.45, 7) is 1.03. The van der Waals surface area contributed by atoms with E-state index in [1.54, 1.807) is 13.2 Å². The van der Waals surface area contributed by atoms with E-state index in [1.807, 2.05) is 0 Å². The van der Waals surface area contributed by atoms with E-state index in [1.165, 1.54) is 12.1 Å². The molecule has 4 heteroatoms. The van der Waals surface area contributed by atoms with Crippen molar-refractivity contribution in [3.8, 4) is 5.75 Å². The molecule has 1 aliphatic rings. The highest BCUT2D eigenvalue weighted by molar-refractivity contribution is 5.85. The van der Waals surface area contributed by atoms with Gasteiger partial charge in [-0.3, -0.25) is 0 Å². The molecule has 0 unspecified atom stereocenters. The lowest BCUT2D eigenvalue weighted by Gasteiger charge is -2.29. The minimum atomic E-state index is -0.250. The predicted octanol–water partition coefficient (Wildman–Crippen LogP) is 2.29. The lowest BCUT2D eigenvalue weighted by atomic mass is 9.97. The van der Waals surface area contributed by atoms with Gasteiger partial charge in [0, 0.05) is 17.7 Å². The van der Waals surface area contributed by atoms with E-state index in [0.29, 0.717) is 11.8 Å². The second-order valence-corrected chi connectivity index (χ2v) is 3.18. The SMILES string of the molecule is COc1cc(F)ccc1[C@@H]1CCN1.Cl. The Morgan fingerprint density at radius 3 is 2.71 bits per heavy atom. The number of ether oxygens (including phenoxy) is 1. The monoisotopic (exact) mass is 217 g/mol. The van der Waals surface area contributed by atoms with Crippen LogP contribution in [0.15, 0.2) is 18.2 Å². The minimum absolute atomic E-state index is 0. The lowest BCUT2D eigenvalue weighted by molar-refractivity contribution is 0.351. The van der Waals surface area contributed by atoms with Crippen LogP contribution in [0, 0.1) is 5.82 Å². The predicted molar refractivity (Wildman–Crippen MR) is 55.6 cm³/mol. The summed E-state index contributed by atoms with van der Waals surface area (Å²) in [5.74, 6) is 0.386. The molecule has 1 N–H and O–H groups in total. The van der Waals surface area contributed by atoms with E-state index in [2.05, 4.69) is 5.32 Å². The van der Waals surface area contributed by atoms with Gasteiger partial charge in [0.25, 0.3) is 0 Å². The molecule has 0 aliphatic carbocycles. The Morgan fingerprint density at radius 2 is 2.21 bits per heavy atom. The first-order valence-corrected chi connectivity index (χ1v) is 4.38. The van der Waals surface area contributed by atoms with Crippen molar-refractivity contribution in [2.75, 3.05) is 13.7 Å². The van der Waals surface area contributed by atoms with Crippen LogP contribution in [0.3, 0.4) is 0 Å². The zero-order valence-corrected chi connectivity index (χ0v) is 8.73. The maximum absolute atomic E-state index is 12.8. The average Bonchev–Trinajstić information content (AvgIpc) is 2.05. The molecule has 2 nitrogen and oxygen atoms in total. The van der Waals surface area contributed by atoms with E-state index in [-0.39, 0.29) is 18.2 Å². The van der Waals surface area contributed by atoms with Gasteiger partial charge in [-0.05, 0) is 19.0 Å². The summed E-state index contributed by atoms with van der Waals surface area (Å²) >= 11 is 0. The van der Waals surface area contributed by atoms with Gasteiger partial charge < -0.3 is 10.1 Å². The molecule has 1 aromatic carbocycles. The van der Waals surface area contributed by atoms with Gasteiger partial charge >= 0.3 is 0 Å². The number of nitrogens with one attached hydrogen (secondary N) is 1. The van der Waals surface area contributed by atoms with Gasteiger partial charge in [0.05, 0.1) is 7.11 Å². The van der Waals surface area contributed by atoms with Gasteiger partial charge in [-0.2, -0.15) is 0 Å². The van der Waals surface area contributed by atoms with Crippen LogP contribution in [0.25, 0.3) is 0 Å². The van der Waals surface area contributed by atoms with Gasteiger partial charge in [-0.25, -0.2) is 4.39 Å². The van der Waals surface area contributed by atoms with Gasteiger partial charge in [-0.15, -0.1) is 12.4 Å². The largest absolute Gasteiger partial charge is 0.496 e.